The summed E-state index contributed by atoms with van der Waals surface area (Å²) < 4.78 is 5.39. The average molecular weight is 236 g/mol. The van der Waals surface area contributed by atoms with Crippen molar-refractivity contribution in [2.24, 2.45) is 0 Å². The predicted octanol–water partition coefficient (Wildman–Crippen LogP) is 3.02. The molecule has 0 spiro atoms. The summed E-state index contributed by atoms with van der Waals surface area (Å²) in [4.78, 5) is 0. The van der Waals surface area contributed by atoms with Crippen molar-refractivity contribution in [1.29, 1.82) is 0 Å². The van der Waals surface area contributed by atoms with E-state index in [2.05, 4.69) is 32.0 Å². The first kappa shape index (κ1) is 14.2. The number of benzene rings is 1. The standard InChI is InChI=1S/C15H24O2/c1-11-7-12(2)9-13(8-11)10-15(5,16)14(3,4)17-6/h7-9,16H,10H2,1-6H3. The van der Waals surface area contributed by atoms with Gasteiger partial charge in [0.15, 0.2) is 0 Å². The van der Waals surface area contributed by atoms with E-state index >= 15 is 0 Å². The van der Waals surface area contributed by atoms with Gasteiger partial charge in [-0.3, -0.25) is 0 Å². The van der Waals surface area contributed by atoms with Crippen molar-refractivity contribution in [3.8, 4) is 0 Å². The van der Waals surface area contributed by atoms with Gasteiger partial charge in [-0.25, -0.2) is 0 Å². The Morgan fingerprint density at radius 2 is 1.53 bits per heavy atom. The van der Waals surface area contributed by atoms with E-state index in [4.69, 9.17) is 4.74 Å². The van der Waals surface area contributed by atoms with Crippen LogP contribution in [0.1, 0.15) is 37.5 Å². The molecular formula is C15H24O2. The molecule has 0 heterocycles. The molecule has 0 amide bonds. The SMILES string of the molecule is COC(C)(C)C(C)(O)Cc1cc(C)cc(C)c1. The van der Waals surface area contributed by atoms with Crippen LogP contribution in [0.2, 0.25) is 0 Å². The van der Waals surface area contributed by atoms with Gasteiger partial charge >= 0.3 is 0 Å². The number of hydrogen-bond acceptors (Lipinski definition) is 2. The van der Waals surface area contributed by atoms with Crippen molar-refractivity contribution in [2.45, 2.75) is 52.2 Å². The molecule has 0 aliphatic rings. The van der Waals surface area contributed by atoms with Gasteiger partial charge in [-0.2, -0.15) is 0 Å². The van der Waals surface area contributed by atoms with Crippen LogP contribution < -0.4 is 0 Å². The van der Waals surface area contributed by atoms with Crippen molar-refractivity contribution in [3.63, 3.8) is 0 Å². The van der Waals surface area contributed by atoms with E-state index in [1.54, 1.807) is 7.11 Å². The van der Waals surface area contributed by atoms with Crippen molar-refractivity contribution in [1.82, 2.24) is 0 Å². The molecule has 2 heteroatoms. The first-order chi connectivity index (χ1) is 7.68. The molecule has 0 saturated carbocycles. The molecule has 0 bridgehead atoms. The Balaban J connectivity index is 2.97. The van der Waals surface area contributed by atoms with Crippen LogP contribution in [0.5, 0.6) is 0 Å². The van der Waals surface area contributed by atoms with E-state index in [0.29, 0.717) is 6.42 Å². The van der Waals surface area contributed by atoms with Crippen LogP contribution in [-0.2, 0) is 11.2 Å². The third kappa shape index (κ3) is 3.30. The minimum Gasteiger partial charge on any atom is -0.387 e. The fourth-order valence-electron chi connectivity index (χ4n) is 2.00. The molecule has 17 heavy (non-hydrogen) atoms. The Morgan fingerprint density at radius 1 is 1.06 bits per heavy atom. The van der Waals surface area contributed by atoms with Gasteiger partial charge in [0.05, 0.1) is 11.2 Å². The molecule has 2 nitrogen and oxygen atoms in total. The number of methoxy groups -OCH3 is 1. The van der Waals surface area contributed by atoms with Crippen LogP contribution in [0, 0.1) is 13.8 Å². The van der Waals surface area contributed by atoms with E-state index in [-0.39, 0.29) is 0 Å². The molecule has 0 aliphatic carbocycles. The summed E-state index contributed by atoms with van der Waals surface area (Å²) >= 11 is 0. The highest BCUT2D eigenvalue weighted by molar-refractivity contribution is 5.29. The first-order valence-electron chi connectivity index (χ1n) is 6.03. The quantitative estimate of drug-likeness (QED) is 0.870. The van der Waals surface area contributed by atoms with E-state index in [9.17, 15) is 5.11 Å². The Kier molecular flexibility index (Phi) is 4.00. The molecule has 1 unspecified atom stereocenters. The van der Waals surface area contributed by atoms with Crippen molar-refractivity contribution < 1.29 is 9.84 Å². The molecule has 1 aromatic rings. The summed E-state index contributed by atoms with van der Waals surface area (Å²) in [6, 6.07) is 6.38. The Morgan fingerprint density at radius 3 is 1.94 bits per heavy atom. The second kappa shape index (κ2) is 4.79. The van der Waals surface area contributed by atoms with Crippen molar-refractivity contribution in [3.05, 3.63) is 34.9 Å². The lowest BCUT2D eigenvalue weighted by atomic mass is 9.82. The zero-order valence-electron chi connectivity index (χ0n) is 11.8. The number of rotatable bonds is 4. The van der Waals surface area contributed by atoms with E-state index in [1.165, 1.54) is 11.1 Å². The van der Waals surface area contributed by atoms with E-state index < -0.39 is 11.2 Å². The van der Waals surface area contributed by atoms with Crippen LogP contribution in [-0.4, -0.2) is 23.4 Å². The number of ether oxygens (including phenoxy) is 1. The lowest BCUT2D eigenvalue weighted by Crippen LogP contribution is -2.50. The van der Waals surface area contributed by atoms with Gasteiger partial charge in [-0.1, -0.05) is 29.3 Å². The molecular weight excluding hydrogens is 212 g/mol. The monoisotopic (exact) mass is 236 g/mol. The second-order valence-corrected chi connectivity index (χ2v) is 5.66. The topological polar surface area (TPSA) is 29.5 Å². The molecule has 1 aromatic carbocycles. The zero-order valence-corrected chi connectivity index (χ0v) is 11.8. The maximum absolute atomic E-state index is 10.6. The summed E-state index contributed by atoms with van der Waals surface area (Å²) in [5.41, 5.74) is 2.15. The summed E-state index contributed by atoms with van der Waals surface area (Å²) in [7, 11) is 1.63. The summed E-state index contributed by atoms with van der Waals surface area (Å²) in [5.74, 6) is 0. The van der Waals surface area contributed by atoms with Crippen LogP contribution in [0.25, 0.3) is 0 Å². The van der Waals surface area contributed by atoms with Crippen molar-refractivity contribution >= 4 is 0 Å². The highest BCUT2D eigenvalue weighted by Gasteiger charge is 2.39. The lowest BCUT2D eigenvalue weighted by Gasteiger charge is -2.39. The minimum absolute atomic E-state index is 0.565. The van der Waals surface area contributed by atoms with Gasteiger partial charge in [-0.15, -0.1) is 0 Å². The van der Waals surface area contributed by atoms with Crippen LogP contribution >= 0.6 is 0 Å². The largest absolute Gasteiger partial charge is 0.387 e. The average Bonchev–Trinajstić information content (AvgIpc) is 2.14. The molecule has 0 aromatic heterocycles. The first-order valence-corrected chi connectivity index (χ1v) is 6.03. The smallest absolute Gasteiger partial charge is 0.0942 e. The van der Waals surface area contributed by atoms with E-state index in [0.717, 1.165) is 5.56 Å². The molecule has 1 atom stereocenters. The van der Waals surface area contributed by atoms with Gasteiger partial charge in [0, 0.05) is 13.5 Å². The molecule has 0 radical (unpaired) electrons. The third-order valence-corrected chi connectivity index (χ3v) is 3.64. The summed E-state index contributed by atoms with van der Waals surface area (Å²) in [6.07, 6.45) is 0.594. The Bertz CT molecular complexity index is 372. The molecule has 1 rings (SSSR count). The second-order valence-electron chi connectivity index (χ2n) is 5.66. The normalized spacial score (nSPS) is 15.7. The molecule has 1 N–H and O–H groups in total. The highest BCUT2D eigenvalue weighted by atomic mass is 16.5. The fraction of sp³-hybridized carbons (Fsp3) is 0.600. The maximum atomic E-state index is 10.6. The molecule has 96 valence electrons. The lowest BCUT2D eigenvalue weighted by molar-refractivity contribution is -0.139. The number of hydrogen-bond donors (Lipinski definition) is 1. The molecule has 0 aliphatic heterocycles. The van der Waals surface area contributed by atoms with Crippen LogP contribution in [0.3, 0.4) is 0 Å². The minimum atomic E-state index is -0.887. The van der Waals surface area contributed by atoms with Crippen LogP contribution in [0.4, 0.5) is 0 Å². The third-order valence-electron chi connectivity index (χ3n) is 3.64. The van der Waals surface area contributed by atoms with Gasteiger partial charge in [0.2, 0.25) is 0 Å². The maximum Gasteiger partial charge on any atom is 0.0942 e. The zero-order chi connectivity index (χ0) is 13.3. The summed E-state index contributed by atoms with van der Waals surface area (Å²) in [5, 5.41) is 10.6. The number of aliphatic hydroxyl groups is 1. The predicted molar refractivity (Wildman–Crippen MR) is 71.3 cm³/mol. The number of aryl methyl sites for hydroxylation is 2. The molecule has 0 fully saturated rings. The van der Waals surface area contributed by atoms with Gasteiger partial charge in [0.25, 0.3) is 0 Å². The van der Waals surface area contributed by atoms with Crippen LogP contribution in [0.15, 0.2) is 18.2 Å². The van der Waals surface area contributed by atoms with Gasteiger partial charge in [-0.05, 0) is 40.2 Å². The van der Waals surface area contributed by atoms with Gasteiger partial charge in [0.1, 0.15) is 0 Å². The van der Waals surface area contributed by atoms with Gasteiger partial charge < -0.3 is 9.84 Å². The molecule has 0 saturated heterocycles. The van der Waals surface area contributed by atoms with E-state index in [1.807, 2.05) is 20.8 Å². The Labute approximate surface area is 105 Å². The fourth-order valence-corrected chi connectivity index (χ4v) is 2.00. The van der Waals surface area contributed by atoms with Crippen molar-refractivity contribution in [2.75, 3.05) is 7.11 Å². The highest BCUT2D eigenvalue weighted by Crippen LogP contribution is 2.29. The summed E-state index contributed by atoms with van der Waals surface area (Å²) in [6.45, 7) is 9.80. The Hall–Kier alpha value is -0.860.